The Balaban J connectivity index is 2.71. The first-order valence-corrected chi connectivity index (χ1v) is 3.88. The van der Waals surface area contributed by atoms with Crippen molar-refractivity contribution in [1.29, 1.82) is 0 Å². The highest BCUT2D eigenvalue weighted by atomic mass is 16.3. The Hall–Kier alpha value is -1.71. The van der Waals surface area contributed by atoms with Crippen molar-refractivity contribution in [2.75, 3.05) is 18.5 Å². The summed E-state index contributed by atoms with van der Waals surface area (Å²) in [5.41, 5.74) is 5.87. The Labute approximate surface area is 76.6 Å². The van der Waals surface area contributed by atoms with E-state index < -0.39 is 0 Å². The van der Waals surface area contributed by atoms with Gasteiger partial charge in [-0.1, -0.05) is 0 Å². The highest BCUT2D eigenvalue weighted by Crippen LogP contribution is 2.16. The molecule has 1 amide bonds. The van der Waals surface area contributed by atoms with E-state index in [9.17, 15) is 4.79 Å². The number of phenols is 1. The number of carbonyl (C=O) groups excluding carboxylic acids is 1. The number of anilines is 1. The second-order valence-corrected chi connectivity index (χ2v) is 2.84. The lowest BCUT2D eigenvalue weighted by Gasteiger charge is -2.16. The quantitative estimate of drug-likeness (QED) is 0.703. The van der Waals surface area contributed by atoms with Crippen LogP contribution in [0.15, 0.2) is 24.3 Å². The maximum Gasteiger partial charge on any atom is 0.236 e. The van der Waals surface area contributed by atoms with Gasteiger partial charge < -0.3 is 15.7 Å². The molecule has 1 aromatic rings. The van der Waals surface area contributed by atoms with Crippen LogP contribution in [-0.4, -0.2) is 24.6 Å². The van der Waals surface area contributed by atoms with Crippen LogP contribution in [0.2, 0.25) is 0 Å². The van der Waals surface area contributed by atoms with Crippen molar-refractivity contribution in [3.05, 3.63) is 24.3 Å². The first kappa shape index (κ1) is 9.38. The number of phenolic OH excluding ortho intramolecular Hbond substituents is 1. The van der Waals surface area contributed by atoms with Gasteiger partial charge in [0.05, 0.1) is 6.54 Å². The van der Waals surface area contributed by atoms with E-state index in [1.54, 1.807) is 36.2 Å². The van der Waals surface area contributed by atoms with Crippen molar-refractivity contribution in [3.8, 4) is 5.75 Å². The van der Waals surface area contributed by atoms with Crippen molar-refractivity contribution in [1.82, 2.24) is 0 Å². The maximum atomic E-state index is 10.6. The Bertz CT molecular complexity index is 295. The number of hydrogen-bond acceptors (Lipinski definition) is 3. The smallest absolute Gasteiger partial charge is 0.236 e. The molecule has 0 aliphatic rings. The number of primary amides is 1. The van der Waals surface area contributed by atoms with Gasteiger partial charge in [-0.05, 0) is 24.3 Å². The minimum absolute atomic E-state index is 0.171. The van der Waals surface area contributed by atoms with Gasteiger partial charge in [0.15, 0.2) is 0 Å². The zero-order valence-corrected chi connectivity index (χ0v) is 7.40. The third kappa shape index (κ3) is 2.66. The van der Waals surface area contributed by atoms with Gasteiger partial charge in [-0.15, -0.1) is 0 Å². The van der Waals surface area contributed by atoms with Crippen LogP contribution in [0.3, 0.4) is 0 Å². The summed E-state index contributed by atoms with van der Waals surface area (Å²) in [6, 6.07) is 6.57. The first-order chi connectivity index (χ1) is 6.09. The number of likely N-dealkylation sites (N-methyl/N-ethyl adjacent to an activating group) is 1. The number of amides is 1. The molecule has 0 unspecified atom stereocenters. The zero-order valence-electron chi connectivity index (χ0n) is 7.40. The Morgan fingerprint density at radius 1 is 1.46 bits per heavy atom. The lowest BCUT2D eigenvalue weighted by molar-refractivity contribution is -0.116. The molecule has 0 spiro atoms. The van der Waals surface area contributed by atoms with E-state index >= 15 is 0 Å². The molecule has 0 atom stereocenters. The fourth-order valence-electron chi connectivity index (χ4n) is 1.03. The fraction of sp³-hybridized carbons (Fsp3) is 0.222. The molecular weight excluding hydrogens is 168 g/mol. The molecule has 1 aromatic carbocycles. The molecule has 70 valence electrons. The van der Waals surface area contributed by atoms with Gasteiger partial charge in [0.2, 0.25) is 5.91 Å². The second-order valence-electron chi connectivity index (χ2n) is 2.84. The molecular formula is C9H12N2O2. The monoisotopic (exact) mass is 180 g/mol. The van der Waals surface area contributed by atoms with Crippen molar-refractivity contribution in [2.45, 2.75) is 0 Å². The van der Waals surface area contributed by atoms with Crippen LogP contribution >= 0.6 is 0 Å². The Morgan fingerprint density at radius 2 is 2.00 bits per heavy atom. The summed E-state index contributed by atoms with van der Waals surface area (Å²) in [5, 5.41) is 9.01. The van der Waals surface area contributed by atoms with E-state index in [0.29, 0.717) is 0 Å². The van der Waals surface area contributed by atoms with Gasteiger partial charge in [-0.3, -0.25) is 4.79 Å². The molecule has 13 heavy (non-hydrogen) atoms. The first-order valence-electron chi connectivity index (χ1n) is 3.88. The molecule has 0 aliphatic heterocycles. The van der Waals surface area contributed by atoms with Crippen LogP contribution in [-0.2, 0) is 4.79 Å². The van der Waals surface area contributed by atoms with Gasteiger partial charge in [0.1, 0.15) is 5.75 Å². The summed E-state index contributed by atoms with van der Waals surface area (Å²) in [7, 11) is 1.76. The predicted molar refractivity (Wildman–Crippen MR) is 50.6 cm³/mol. The third-order valence-electron chi connectivity index (χ3n) is 1.68. The molecule has 0 aromatic heterocycles. The van der Waals surface area contributed by atoms with E-state index in [0.717, 1.165) is 5.69 Å². The van der Waals surface area contributed by atoms with E-state index in [1.165, 1.54) is 0 Å². The van der Waals surface area contributed by atoms with Gasteiger partial charge in [-0.2, -0.15) is 0 Å². The highest BCUT2D eigenvalue weighted by molar-refractivity contribution is 5.79. The number of carbonyl (C=O) groups is 1. The van der Waals surface area contributed by atoms with Gasteiger partial charge in [0, 0.05) is 12.7 Å². The predicted octanol–water partition coefficient (Wildman–Crippen LogP) is 0.314. The summed E-state index contributed by atoms with van der Waals surface area (Å²) >= 11 is 0. The Kier molecular flexibility index (Phi) is 2.74. The van der Waals surface area contributed by atoms with Gasteiger partial charge >= 0.3 is 0 Å². The number of nitrogens with two attached hydrogens (primary N) is 1. The van der Waals surface area contributed by atoms with Crippen LogP contribution in [0.25, 0.3) is 0 Å². The summed E-state index contributed by atoms with van der Waals surface area (Å²) in [6.45, 7) is 0.171. The number of aromatic hydroxyl groups is 1. The summed E-state index contributed by atoms with van der Waals surface area (Å²) < 4.78 is 0. The third-order valence-corrected chi connectivity index (χ3v) is 1.68. The van der Waals surface area contributed by atoms with E-state index in [-0.39, 0.29) is 18.2 Å². The van der Waals surface area contributed by atoms with Crippen LogP contribution < -0.4 is 10.6 Å². The minimum atomic E-state index is -0.379. The van der Waals surface area contributed by atoms with Crippen LogP contribution in [0, 0.1) is 0 Å². The maximum absolute atomic E-state index is 10.6. The molecule has 0 aliphatic carbocycles. The van der Waals surface area contributed by atoms with Crippen LogP contribution in [0.5, 0.6) is 5.75 Å². The molecule has 1 rings (SSSR count). The highest BCUT2D eigenvalue weighted by Gasteiger charge is 2.02. The normalized spacial score (nSPS) is 9.62. The van der Waals surface area contributed by atoms with E-state index in [4.69, 9.17) is 10.8 Å². The largest absolute Gasteiger partial charge is 0.508 e. The molecule has 0 heterocycles. The number of rotatable bonds is 3. The molecule has 4 nitrogen and oxygen atoms in total. The number of nitrogens with zero attached hydrogens (tertiary/aromatic N) is 1. The standard InChI is InChI=1S/C9H12N2O2/c1-11(6-9(10)13)7-2-4-8(12)5-3-7/h2-5,12H,6H2,1H3,(H2,10,13). The van der Waals surface area contributed by atoms with Crippen molar-refractivity contribution < 1.29 is 9.90 Å². The molecule has 0 saturated heterocycles. The summed E-state index contributed by atoms with van der Waals surface area (Å²) in [6.07, 6.45) is 0. The molecule has 0 saturated carbocycles. The lowest BCUT2D eigenvalue weighted by Crippen LogP contribution is -2.30. The van der Waals surface area contributed by atoms with Crippen molar-refractivity contribution in [3.63, 3.8) is 0 Å². The second kappa shape index (κ2) is 3.80. The van der Waals surface area contributed by atoms with Crippen LogP contribution in [0.4, 0.5) is 5.69 Å². The van der Waals surface area contributed by atoms with E-state index in [1.807, 2.05) is 0 Å². The van der Waals surface area contributed by atoms with E-state index in [2.05, 4.69) is 0 Å². The molecule has 4 heteroatoms. The van der Waals surface area contributed by atoms with Crippen LogP contribution in [0.1, 0.15) is 0 Å². The lowest BCUT2D eigenvalue weighted by atomic mass is 10.3. The molecule has 0 radical (unpaired) electrons. The fourth-order valence-corrected chi connectivity index (χ4v) is 1.03. The minimum Gasteiger partial charge on any atom is -0.508 e. The Morgan fingerprint density at radius 3 is 2.46 bits per heavy atom. The number of benzene rings is 1. The average Bonchev–Trinajstić information content (AvgIpc) is 2.04. The zero-order chi connectivity index (χ0) is 9.84. The molecule has 0 fully saturated rings. The SMILES string of the molecule is CN(CC(N)=O)c1ccc(O)cc1. The van der Waals surface area contributed by atoms with Crippen molar-refractivity contribution >= 4 is 11.6 Å². The molecule has 0 bridgehead atoms. The average molecular weight is 180 g/mol. The molecule has 3 N–H and O–H groups in total. The van der Waals surface area contributed by atoms with Gasteiger partial charge in [0.25, 0.3) is 0 Å². The topological polar surface area (TPSA) is 66.6 Å². The van der Waals surface area contributed by atoms with Gasteiger partial charge in [-0.25, -0.2) is 0 Å². The van der Waals surface area contributed by atoms with Crippen molar-refractivity contribution in [2.24, 2.45) is 5.73 Å². The summed E-state index contributed by atoms with van der Waals surface area (Å²) in [5.74, 6) is -0.174. The summed E-state index contributed by atoms with van der Waals surface area (Å²) in [4.78, 5) is 12.3. The number of hydrogen-bond donors (Lipinski definition) is 2.